The van der Waals surface area contributed by atoms with E-state index < -0.39 is 0 Å². The summed E-state index contributed by atoms with van der Waals surface area (Å²) in [5.41, 5.74) is 12.9. The summed E-state index contributed by atoms with van der Waals surface area (Å²) in [7, 11) is 2.14. The molecule has 7 aromatic carbocycles. The second-order valence-electron chi connectivity index (χ2n) is 13.6. The lowest BCUT2D eigenvalue weighted by molar-refractivity contribution is 0.669. The molecule has 0 saturated carbocycles. The molecule has 0 bridgehead atoms. The minimum atomic E-state index is 0.886. The van der Waals surface area contributed by atoms with Crippen molar-refractivity contribution >= 4 is 75.3 Å². The molecule has 4 heteroatoms. The standard InChI is InChI=1S/C48H30N2OS/c1-50-41-16-7-5-14-35(41)37-25-31(18-20-42(37)50)30-12-9-13-32(24-30)39-27-34(29-10-3-2-4-11-29)28-40(49-39)33-19-21-43-38(26-33)47-44(51-43)22-23-46-48(47)36-15-6-8-17-45(36)52-46/h2-28H,1H3. The molecule has 0 aliphatic rings. The van der Waals surface area contributed by atoms with Crippen LogP contribution in [0.25, 0.3) is 109 Å². The van der Waals surface area contributed by atoms with Crippen molar-refractivity contribution in [1.29, 1.82) is 0 Å². The van der Waals surface area contributed by atoms with Crippen LogP contribution in [-0.2, 0) is 7.05 Å². The highest BCUT2D eigenvalue weighted by molar-refractivity contribution is 7.26. The lowest BCUT2D eigenvalue weighted by Gasteiger charge is -2.12. The fourth-order valence-electron chi connectivity index (χ4n) is 8.07. The number of hydrogen-bond donors (Lipinski definition) is 0. The largest absolute Gasteiger partial charge is 0.456 e. The van der Waals surface area contributed by atoms with Gasteiger partial charge in [0.05, 0.1) is 11.4 Å². The molecule has 0 saturated heterocycles. The molecule has 0 fully saturated rings. The monoisotopic (exact) mass is 682 g/mol. The van der Waals surface area contributed by atoms with Gasteiger partial charge in [-0.25, -0.2) is 4.98 Å². The zero-order valence-corrected chi connectivity index (χ0v) is 29.1. The Morgan fingerprint density at radius 2 is 1.08 bits per heavy atom. The van der Waals surface area contributed by atoms with Crippen LogP contribution in [-0.4, -0.2) is 9.55 Å². The topological polar surface area (TPSA) is 31.0 Å². The third-order valence-corrected chi connectivity index (χ3v) is 11.7. The molecular weight excluding hydrogens is 653 g/mol. The van der Waals surface area contributed by atoms with E-state index in [1.54, 1.807) is 0 Å². The number of para-hydroxylation sites is 1. The van der Waals surface area contributed by atoms with Crippen molar-refractivity contribution in [3.8, 4) is 44.8 Å². The normalized spacial score (nSPS) is 11.9. The maximum absolute atomic E-state index is 6.45. The fraction of sp³-hybridized carbons (Fsp3) is 0.0208. The van der Waals surface area contributed by atoms with Crippen molar-refractivity contribution in [2.24, 2.45) is 7.05 Å². The van der Waals surface area contributed by atoms with Crippen LogP contribution in [0.5, 0.6) is 0 Å². The SMILES string of the molecule is Cn1c2ccccc2c2cc(-c3cccc(-c4cc(-c5ccccc5)cc(-c5ccc6oc7ccc8sc9ccccc9c8c7c6c5)n4)c3)ccc21. The smallest absolute Gasteiger partial charge is 0.136 e. The van der Waals surface area contributed by atoms with Gasteiger partial charge in [-0.15, -0.1) is 11.3 Å². The van der Waals surface area contributed by atoms with Gasteiger partial charge >= 0.3 is 0 Å². The molecule has 3 nitrogen and oxygen atoms in total. The molecular formula is C48H30N2OS. The van der Waals surface area contributed by atoms with Crippen LogP contribution < -0.4 is 0 Å². The van der Waals surface area contributed by atoms with Crippen LogP contribution in [0.1, 0.15) is 0 Å². The molecule has 0 amide bonds. The summed E-state index contributed by atoms with van der Waals surface area (Å²) in [5.74, 6) is 0. The molecule has 0 spiro atoms. The summed E-state index contributed by atoms with van der Waals surface area (Å²) in [4.78, 5) is 5.37. The van der Waals surface area contributed by atoms with E-state index in [4.69, 9.17) is 9.40 Å². The highest BCUT2D eigenvalue weighted by Gasteiger charge is 2.17. The van der Waals surface area contributed by atoms with Crippen LogP contribution in [0.4, 0.5) is 0 Å². The number of thiophene rings is 1. The summed E-state index contributed by atoms with van der Waals surface area (Å²) in [5, 5.41) is 7.35. The van der Waals surface area contributed by atoms with Gasteiger partial charge in [-0.3, -0.25) is 0 Å². The number of hydrogen-bond acceptors (Lipinski definition) is 3. The lowest BCUT2D eigenvalue weighted by Crippen LogP contribution is -1.92. The van der Waals surface area contributed by atoms with Crippen LogP contribution in [0.2, 0.25) is 0 Å². The highest BCUT2D eigenvalue weighted by atomic mass is 32.1. The molecule has 0 unspecified atom stereocenters. The Morgan fingerprint density at radius 1 is 0.423 bits per heavy atom. The van der Waals surface area contributed by atoms with Crippen LogP contribution in [0.3, 0.4) is 0 Å². The first-order valence-electron chi connectivity index (χ1n) is 17.6. The van der Waals surface area contributed by atoms with E-state index in [0.717, 1.165) is 50.2 Å². The van der Waals surface area contributed by atoms with Crippen molar-refractivity contribution in [1.82, 2.24) is 9.55 Å². The van der Waals surface area contributed by atoms with Gasteiger partial charge in [0.1, 0.15) is 11.2 Å². The summed E-state index contributed by atoms with van der Waals surface area (Å²) >= 11 is 1.83. The van der Waals surface area contributed by atoms with Crippen molar-refractivity contribution in [2.75, 3.05) is 0 Å². The number of benzene rings is 7. The van der Waals surface area contributed by atoms with Crippen LogP contribution in [0.15, 0.2) is 168 Å². The van der Waals surface area contributed by atoms with Crippen LogP contribution >= 0.6 is 11.3 Å². The van der Waals surface area contributed by atoms with Gasteiger partial charge in [0.25, 0.3) is 0 Å². The van der Waals surface area contributed by atoms with Gasteiger partial charge in [0, 0.05) is 70.9 Å². The predicted octanol–water partition coefficient (Wildman–Crippen LogP) is 13.7. The van der Waals surface area contributed by atoms with Gasteiger partial charge in [-0.2, -0.15) is 0 Å². The Morgan fingerprint density at radius 3 is 1.96 bits per heavy atom. The van der Waals surface area contributed by atoms with Crippen molar-refractivity contribution in [3.63, 3.8) is 0 Å². The minimum Gasteiger partial charge on any atom is -0.456 e. The average Bonchev–Trinajstić information content (AvgIpc) is 3.87. The van der Waals surface area contributed by atoms with Gasteiger partial charge in [0.15, 0.2) is 0 Å². The number of aromatic nitrogens is 2. The van der Waals surface area contributed by atoms with E-state index in [1.165, 1.54) is 58.5 Å². The number of fused-ring (bicyclic) bond motifs is 10. The number of rotatable bonds is 4. The first-order valence-corrected chi connectivity index (χ1v) is 18.4. The average molecular weight is 683 g/mol. The van der Waals surface area contributed by atoms with Gasteiger partial charge in [-0.1, -0.05) is 91.0 Å². The molecule has 11 aromatic rings. The van der Waals surface area contributed by atoms with E-state index in [1.807, 2.05) is 11.3 Å². The van der Waals surface area contributed by atoms with E-state index in [-0.39, 0.29) is 0 Å². The Hall–Kier alpha value is -6.49. The Balaban J connectivity index is 1.09. The summed E-state index contributed by atoms with van der Waals surface area (Å²) in [6, 6.07) is 58.8. The minimum absolute atomic E-state index is 0.886. The number of pyridine rings is 1. The van der Waals surface area contributed by atoms with E-state index >= 15 is 0 Å². The van der Waals surface area contributed by atoms with Gasteiger partial charge < -0.3 is 8.98 Å². The van der Waals surface area contributed by atoms with Crippen LogP contribution in [0, 0.1) is 0 Å². The fourth-order valence-corrected chi connectivity index (χ4v) is 9.19. The first-order chi connectivity index (χ1) is 25.7. The molecule has 11 rings (SSSR count). The second kappa shape index (κ2) is 11.3. The highest BCUT2D eigenvalue weighted by Crippen LogP contribution is 2.43. The van der Waals surface area contributed by atoms with Gasteiger partial charge in [-0.05, 0) is 95.1 Å². The first kappa shape index (κ1) is 29.3. The summed E-state index contributed by atoms with van der Waals surface area (Å²) in [6.07, 6.45) is 0. The summed E-state index contributed by atoms with van der Waals surface area (Å²) in [6.45, 7) is 0. The van der Waals surface area contributed by atoms with E-state index in [0.29, 0.717) is 0 Å². The molecule has 52 heavy (non-hydrogen) atoms. The lowest BCUT2D eigenvalue weighted by atomic mass is 9.97. The molecule has 0 N–H and O–H groups in total. The quantitative estimate of drug-likeness (QED) is 0.185. The molecule has 4 heterocycles. The Bertz CT molecular complexity index is 3200. The molecule has 244 valence electrons. The van der Waals surface area contributed by atoms with Gasteiger partial charge in [0.2, 0.25) is 0 Å². The third kappa shape index (κ3) is 4.48. The maximum atomic E-state index is 6.45. The zero-order chi connectivity index (χ0) is 34.3. The Kier molecular flexibility index (Phi) is 6.34. The van der Waals surface area contributed by atoms with Crippen molar-refractivity contribution < 1.29 is 4.42 Å². The summed E-state index contributed by atoms with van der Waals surface area (Å²) < 4.78 is 11.3. The van der Waals surface area contributed by atoms with Crippen molar-refractivity contribution in [3.05, 3.63) is 164 Å². The molecule has 0 atom stereocenters. The van der Waals surface area contributed by atoms with E-state index in [9.17, 15) is 0 Å². The van der Waals surface area contributed by atoms with Crippen molar-refractivity contribution in [2.45, 2.75) is 0 Å². The number of furan rings is 1. The Labute approximate surface area is 303 Å². The number of aryl methyl sites for hydroxylation is 1. The molecule has 0 aliphatic carbocycles. The second-order valence-corrected chi connectivity index (χ2v) is 14.7. The molecule has 4 aromatic heterocycles. The number of nitrogens with zero attached hydrogens (tertiary/aromatic N) is 2. The third-order valence-electron chi connectivity index (χ3n) is 10.6. The van der Waals surface area contributed by atoms with E-state index in [2.05, 4.69) is 175 Å². The molecule has 0 radical (unpaired) electrons. The predicted molar refractivity (Wildman–Crippen MR) is 220 cm³/mol. The molecule has 0 aliphatic heterocycles. The maximum Gasteiger partial charge on any atom is 0.136 e. The zero-order valence-electron chi connectivity index (χ0n) is 28.3.